The van der Waals surface area contributed by atoms with Crippen LogP contribution in [0.4, 0.5) is 0 Å². The zero-order valence-electron chi connectivity index (χ0n) is 18.0. The summed E-state index contributed by atoms with van der Waals surface area (Å²) in [6, 6.07) is 16.2. The fourth-order valence-electron chi connectivity index (χ4n) is 4.21. The predicted molar refractivity (Wildman–Crippen MR) is 136 cm³/mol. The standard InChI is InChI=1S/C24H34N4O.HI/c1-2-25-23(26-17-9-11-19-28-18-10-6-14-22(28)29)27-20-24(15-7-8-16-24)21-12-4-3-5-13-21;/h3-6,10,12-14,18H,2,7-9,11,15-17,19-20H2,1H3,(H2,25,26,27);1H. The van der Waals surface area contributed by atoms with Gasteiger partial charge in [-0.3, -0.25) is 9.79 Å². The first-order valence-corrected chi connectivity index (χ1v) is 11.0. The van der Waals surface area contributed by atoms with Crippen LogP contribution in [-0.2, 0) is 12.0 Å². The summed E-state index contributed by atoms with van der Waals surface area (Å²) in [5, 5.41) is 6.84. The summed E-state index contributed by atoms with van der Waals surface area (Å²) in [7, 11) is 0. The number of guanidine groups is 1. The molecule has 30 heavy (non-hydrogen) atoms. The van der Waals surface area contributed by atoms with Crippen molar-refractivity contribution < 1.29 is 0 Å². The van der Waals surface area contributed by atoms with Crippen molar-refractivity contribution in [2.45, 2.75) is 57.4 Å². The van der Waals surface area contributed by atoms with E-state index in [0.717, 1.165) is 45.0 Å². The average molecular weight is 522 g/mol. The molecule has 5 nitrogen and oxygen atoms in total. The molecule has 0 bridgehead atoms. The smallest absolute Gasteiger partial charge is 0.250 e. The number of halogens is 1. The van der Waals surface area contributed by atoms with Crippen molar-refractivity contribution in [3.05, 3.63) is 70.6 Å². The zero-order chi connectivity index (χ0) is 20.4. The lowest BCUT2D eigenvalue weighted by Gasteiger charge is -2.28. The number of rotatable bonds is 9. The van der Waals surface area contributed by atoms with Gasteiger partial charge in [-0.2, -0.15) is 0 Å². The number of benzene rings is 1. The zero-order valence-corrected chi connectivity index (χ0v) is 20.3. The van der Waals surface area contributed by atoms with Gasteiger partial charge in [0.2, 0.25) is 5.56 Å². The summed E-state index contributed by atoms with van der Waals surface area (Å²) in [6.07, 6.45) is 8.81. The van der Waals surface area contributed by atoms with E-state index in [4.69, 9.17) is 4.99 Å². The van der Waals surface area contributed by atoms with Gasteiger partial charge in [-0.15, -0.1) is 24.0 Å². The number of nitrogens with zero attached hydrogens (tertiary/aromatic N) is 2. The van der Waals surface area contributed by atoms with Crippen molar-refractivity contribution in [2.75, 3.05) is 19.6 Å². The van der Waals surface area contributed by atoms with Crippen LogP contribution in [0.15, 0.2) is 64.5 Å². The molecule has 0 aliphatic heterocycles. The van der Waals surface area contributed by atoms with Crippen LogP contribution in [0.25, 0.3) is 0 Å². The number of aliphatic imine (C=N–C) groups is 1. The minimum absolute atomic E-state index is 0. The average Bonchev–Trinajstić information content (AvgIpc) is 3.24. The minimum Gasteiger partial charge on any atom is -0.357 e. The van der Waals surface area contributed by atoms with Gasteiger partial charge in [0.05, 0.1) is 6.54 Å². The molecular weight excluding hydrogens is 487 g/mol. The highest BCUT2D eigenvalue weighted by Crippen LogP contribution is 2.41. The summed E-state index contributed by atoms with van der Waals surface area (Å²) < 4.78 is 1.77. The molecule has 6 heteroatoms. The Morgan fingerprint density at radius 1 is 1.03 bits per heavy atom. The van der Waals surface area contributed by atoms with Crippen molar-refractivity contribution in [2.24, 2.45) is 4.99 Å². The monoisotopic (exact) mass is 522 g/mol. The molecule has 1 aliphatic rings. The summed E-state index contributed by atoms with van der Waals surface area (Å²) >= 11 is 0. The molecule has 2 aromatic rings. The first kappa shape index (κ1) is 24.4. The number of unbranched alkanes of at least 4 members (excludes halogenated alkanes) is 1. The number of aromatic nitrogens is 1. The molecule has 0 unspecified atom stereocenters. The lowest BCUT2D eigenvalue weighted by atomic mass is 9.79. The van der Waals surface area contributed by atoms with Crippen molar-refractivity contribution in [3.63, 3.8) is 0 Å². The lowest BCUT2D eigenvalue weighted by molar-refractivity contribution is 0.452. The van der Waals surface area contributed by atoms with E-state index in [2.05, 4.69) is 47.9 Å². The van der Waals surface area contributed by atoms with Gasteiger partial charge in [0.1, 0.15) is 0 Å². The van der Waals surface area contributed by atoms with Gasteiger partial charge in [-0.05, 0) is 44.2 Å². The van der Waals surface area contributed by atoms with Crippen molar-refractivity contribution in [3.8, 4) is 0 Å². The Hall–Kier alpha value is -1.83. The number of hydrogen-bond donors (Lipinski definition) is 2. The van der Waals surface area contributed by atoms with Gasteiger partial charge in [-0.1, -0.05) is 49.2 Å². The Labute approximate surface area is 197 Å². The molecule has 164 valence electrons. The van der Waals surface area contributed by atoms with Gasteiger partial charge in [0, 0.05) is 37.3 Å². The second kappa shape index (κ2) is 12.8. The highest BCUT2D eigenvalue weighted by Gasteiger charge is 2.35. The molecule has 3 rings (SSSR count). The fraction of sp³-hybridized carbons (Fsp3) is 0.500. The third-order valence-electron chi connectivity index (χ3n) is 5.85. The van der Waals surface area contributed by atoms with Crippen LogP contribution in [0.2, 0.25) is 0 Å². The SMILES string of the molecule is CCNC(=NCC1(c2ccccc2)CCCC1)NCCCCn1ccccc1=O.I. The second-order valence-corrected chi connectivity index (χ2v) is 7.91. The highest BCUT2D eigenvalue weighted by molar-refractivity contribution is 14.0. The summed E-state index contributed by atoms with van der Waals surface area (Å²) in [5.74, 6) is 0.895. The second-order valence-electron chi connectivity index (χ2n) is 7.91. The van der Waals surface area contributed by atoms with Crippen LogP contribution in [0.1, 0.15) is 51.0 Å². The van der Waals surface area contributed by atoms with E-state index < -0.39 is 0 Å². The maximum atomic E-state index is 11.8. The molecular formula is C24H35IN4O. The molecule has 1 heterocycles. The molecule has 0 atom stereocenters. The summed E-state index contributed by atoms with van der Waals surface area (Å²) in [6.45, 7) is 5.38. The van der Waals surface area contributed by atoms with Crippen molar-refractivity contribution in [1.29, 1.82) is 0 Å². The number of aryl methyl sites for hydroxylation is 1. The molecule has 0 spiro atoms. The quantitative estimate of drug-likeness (QED) is 0.223. The van der Waals surface area contributed by atoms with E-state index in [9.17, 15) is 4.79 Å². The molecule has 0 amide bonds. The Balaban J connectivity index is 0.00000320. The molecule has 1 aliphatic carbocycles. The first-order chi connectivity index (χ1) is 14.2. The predicted octanol–water partition coefficient (Wildman–Crippen LogP) is 4.31. The third-order valence-corrected chi connectivity index (χ3v) is 5.85. The van der Waals surface area contributed by atoms with E-state index in [1.165, 1.54) is 31.2 Å². The maximum Gasteiger partial charge on any atom is 0.250 e. The van der Waals surface area contributed by atoms with Crippen molar-refractivity contribution in [1.82, 2.24) is 15.2 Å². The van der Waals surface area contributed by atoms with Crippen LogP contribution in [0, 0.1) is 0 Å². The Kier molecular flexibility index (Phi) is 10.4. The molecule has 1 aromatic heterocycles. The maximum absolute atomic E-state index is 11.8. The lowest BCUT2D eigenvalue weighted by Crippen LogP contribution is -2.39. The topological polar surface area (TPSA) is 58.4 Å². The third kappa shape index (κ3) is 6.86. The van der Waals surface area contributed by atoms with E-state index >= 15 is 0 Å². The van der Waals surface area contributed by atoms with E-state index in [0.29, 0.717) is 0 Å². The highest BCUT2D eigenvalue weighted by atomic mass is 127. The van der Waals surface area contributed by atoms with E-state index in [-0.39, 0.29) is 35.0 Å². The Morgan fingerprint density at radius 2 is 1.77 bits per heavy atom. The summed E-state index contributed by atoms with van der Waals surface area (Å²) in [5.41, 5.74) is 1.67. The minimum atomic E-state index is 0. The normalized spacial score (nSPS) is 15.4. The van der Waals surface area contributed by atoms with E-state index in [1.807, 2.05) is 12.3 Å². The molecule has 1 saturated carbocycles. The van der Waals surface area contributed by atoms with Gasteiger partial charge in [0.25, 0.3) is 0 Å². The molecule has 0 saturated heterocycles. The van der Waals surface area contributed by atoms with Gasteiger partial charge in [0.15, 0.2) is 5.96 Å². The van der Waals surface area contributed by atoms with Gasteiger partial charge >= 0.3 is 0 Å². The van der Waals surface area contributed by atoms with Gasteiger partial charge < -0.3 is 15.2 Å². The molecule has 2 N–H and O–H groups in total. The number of pyridine rings is 1. The molecule has 0 radical (unpaired) electrons. The number of hydrogen-bond acceptors (Lipinski definition) is 2. The Morgan fingerprint density at radius 3 is 2.47 bits per heavy atom. The van der Waals surface area contributed by atoms with Crippen LogP contribution >= 0.6 is 24.0 Å². The van der Waals surface area contributed by atoms with Crippen LogP contribution in [0.3, 0.4) is 0 Å². The van der Waals surface area contributed by atoms with Crippen molar-refractivity contribution >= 4 is 29.9 Å². The van der Waals surface area contributed by atoms with Gasteiger partial charge in [-0.25, -0.2) is 0 Å². The largest absolute Gasteiger partial charge is 0.357 e. The molecule has 1 aromatic carbocycles. The van der Waals surface area contributed by atoms with Crippen LogP contribution in [0.5, 0.6) is 0 Å². The Bertz CT molecular complexity index is 828. The van der Waals surface area contributed by atoms with E-state index in [1.54, 1.807) is 16.7 Å². The van der Waals surface area contributed by atoms with Crippen LogP contribution < -0.4 is 16.2 Å². The number of nitrogens with one attached hydrogen (secondary N) is 2. The first-order valence-electron chi connectivity index (χ1n) is 11.0. The molecule has 1 fully saturated rings. The van der Waals surface area contributed by atoms with Crippen LogP contribution in [-0.4, -0.2) is 30.2 Å². The fourth-order valence-corrected chi connectivity index (χ4v) is 4.21. The summed E-state index contributed by atoms with van der Waals surface area (Å²) in [4.78, 5) is 16.7.